The number of benzene rings is 1. The zero-order chi connectivity index (χ0) is 21.0. The molecule has 2 atom stereocenters. The molecule has 0 radical (unpaired) electrons. The maximum Gasteiger partial charge on any atom is 0.267 e. The van der Waals surface area contributed by atoms with E-state index in [-0.39, 0.29) is 23.8 Å². The van der Waals surface area contributed by atoms with Crippen molar-refractivity contribution in [3.63, 3.8) is 0 Å². The zero-order valence-electron chi connectivity index (χ0n) is 16.7. The van der Waals surface area contributed by atoms with Gasteiger partial charge in [-0.15, -0.1) is 0 Å². The Morgan fingerprint density at radius 1 is 1.27 bits per heavy atom. The van der Waals surface area contributed by atoms with Gasteiger partial charge in [0.25, 0.3) is 5.56 Å². The van der Waals surface area contributed by atoms with Crippen molar-refractivity contribution < 1.29 is 9.59 Å². The van der Waals surface area contributed by atoms with Gasteiger partial charge >= 0.3 is 0 Å². The molecule has 9 nitrogen and oxygen atoms in total. The minimum atomic E-state index is -0.912. The summed E-state index contributed by atoms with van der Waals surface area (Å²) in [5.41, 5.74) is 1.50. The van der Waals surface area contributed by atoms with E-state index in [0.717, 1.165) is 11.3 Å². The quantitative estimate of drug-likeness (QED) is 0.605. The summed E-state index contributed by atoms with van der Waals surface area (Å²) in [7, 11) is 1.86. The van der Waals surface area contributed by atoms with Gasteiger partial charge in [-0.3, -0.25) is 19.5 Å². The Labute approximate surface area is 172 Å². The fraction of sp³-hybridized carbons (Fsp3) is 0.333. The number of aromatic amines is 2. The number of anilines is 1. The average molecular weight is 406 g/mol. The third-order valence-corrected chi connectivity index (χ3v) is 6.43. The highest BCUT2D eigenvalue weighted by Crippen LogP contribution is 2.54. The molecule has 3 N–H and O–H groups in total. The lowest BCUT2D eigenvalue weighted by molar-refractivity contribution is -0.133. The molecular formula is C21H22N6O3. The van der Waals surface area contributed by atoms with Crippen molar-refractivity contribution in [2.45, 2.75) is 31.2 Å². The summed E-state index contributed by atoms with van der Waals surface area (Å²) in [6, 6.07) is 7.05. The van der Waals surface area contributed by atoms with Gasteiger partial charge in [0.05, 0.1) is 6.42 Å². The highest BCUT2D eigenvalue weighted by Gasteiger charge is 2.60. The normalized spacial score (nSPS) is 22.5. The molecule has 2 amide bonds. The molecule has 30 heavy (non-hydrogen) atoms. The van der Waals surface area contributed by atoms with Crippen LogP contribution >= 0.6 is 0 Å². The lowest BCUT2D eigenvalue weighted by atomic mass is 9.74. The minimum absolute atomic E-state index is 0.0368. The van der Waals surface area contributed by atoms with Crippen molar-refractivity contribution in [3.8, 4) is 0 Å². The number of aromatic nitrogens is 4. The molecule has 1 spiro atoms. The number of fused-ring (bicyclic) bond motifs is 2. The molecule has 4 heterocycles. The van der Waals surface area contributed by atoms with E-state index in [1.165, 1.54) is 0 Å². The first-order chi connectivity index (χ1) is 14.4. The van der Waals surface area contributed by atoms with Crippen LogP contribution in [0.3, 0.4) is 0 Å². The van der Waals surface area contributed by atoms with Gasteiger partial charge in [-0.25, -0.2) is 4.98 Å². The van der Waals surface area contributed by atoms with Crippen molar-refractivity contribution in [2.24, 2.45) is 7.05 Å². The molecule has 0 unspecified atom stereocenters. The van der Waals surface area contributed by atoms with E-state index >= 15 is 0 Å². The molecule has 1 aromatic carbocycles. The number of amides is 2. The maximum absolute atomic E-state index is 13.4. The molecule has 9 heteroatoms. The van der Waals surface area contributed by atoms with Crippen LogP contribution in [0.2, 0.25) is 0 Å². The number of hydrogen-bond donors (Lipinski definition) is 3. The predicted molar refractivity (Wildman–Crippen MR) is 109 cm³/mol. The van der Waals surface area contributed by atoms with Crippen LogP contribution in [0.25, 0.3) is 0 Å². The number of imidazole rings is 1. The molecule has 2 aliphatic heterocycles. The van der Waals surface area contributed by atoms with Crippen LogP contribution in [0.1, 0.15) is 35.1 Å². The van der Waals surface area contributed by atoms with Crippen molar-refractivity contribution >= 4 is 17.5 Å². The number of para-hydroxylation sites is 1. The number of hydrogen-bond acceptors (Lipinski definition) is 4. The maximum atomic E-state index is 13.4. The first-order valence-electron chi connectivity index (χ1n) is 9.87. The third kappa shape index (κ3) is 2.41. The molecule has 154 valence electrons. The number of nitrogens with zero attached hydrogens (tertiary/aromatic N) is 3. The molecule has 0 bridgehead atoms. The average Bonchev–Trinajstić information content (AvgIpc) is 3.46. The fourth-order valence-electron chi connectivity index (χ4n) is 4.89. The summed E-state index contributed by atoms with van der Waals surface area (Å²) < 4.78 is 1.85. The predicted octanol–water partition coefficient (Wildman–Crippen LogP) is 1.15. The molecule has 1 fully saturated rings. The smallest absolute Gasteiger partial charge is 0.267 e. The van der Waals surface area contributed by atoms with Crippen LogP contribution in [-0.4, -0.2) is 43.0 Å². The minimum Gasteiger partial charge on any atom is -0.336 e. The fourth-order valence-corrected chi connectivity index (χ4v) is 4.89. The number of rotatable bonds is 3. The molecule has 3 aromatic rings. The summed E-state index contributed by atoms with van der Waals surface area (Å²) in [4.78, 5) is 45.0. The van der Waals surface area contributed by atoms with Gasteiger partial charge < -0.3 is 19.9 Å². The second kappa shape index (κ2) is 6.45. The number of H-pyrrole nitrogens is 2. The van der Waals surface area contributed by atoms with Gasteiger partial charge in [-0.05, 0) is 25.0 Å². The Kier molecular flexibility index (Phi) is 3.96. The van der Waals surface area contributed by atoms with Crippen LogP contribution in [0.4, 0.5) is 5.69 Å². The molecule has 1 saturated heterocycles. The van der Waals surface area contributed by atoms with Crippen molar-refractivity contribution in [1.82, 2.24) is 24.6 Å². The van der Waals surface area contributed by atoms with Crippen molar-refractivity contribution in [2.75, 3.05) is 11.9 Å². The Hall–Kier alpha value is -3.62. The first kappa shape index (κ1) is 18.4. The number of carbonyl (C=O) groups is 2. The molecule has 2 aliphatic rings. The summed E-state index contributed by atoms with van der Waals surface area (Å²) in [6.07, 6.45) is 3.93. The van der Waals surface area contributed by atoms with E-state index in [4.69, 9.17) is 0 Å². The van der Waals surface area contributed by atoms with E-state index in [1.807, 2.05) is 42.1 Å². The monoisotopic (exact) mass is 406 g/mol. The Bertz CT molecular complexity index is 1220. The standard InChI is InChI=1S/C21H22N6O3/c1-12-13(19(29)25-24-12)11-16(28)27-9-7-21(17(27)18-22-8-10-26(18)2)14-5-3-4-6-15(14)23-20(21)30/h3-6,8,10,17H,7,9,11H2,1-2H3,(H,23,30)(H2,24,25,29)/t17-,21+/m0/s1. The largest absolute Gasteiger partial charge is 0.336 e. The van der Waals surface area contributed by atoms with Gasteiger partial charge in [0, 0.05) is 42.9 Å². The highest BCUT2D eigenvalue weighted by atomic mass is 16.2. The Morgan fingerprint density at radius 2 is 2.07 bits per heavy atom. The van der Waals surface area contributed by atoms with E-state index in [0.29, 0.717) is 30.0 Å². The van der Waals surface area contributed by atoms with Crippen molar-refractivity contribution in [3.05, 3.63) is 69.7 Å². The van der Waals surface area contributed by atoms with Gasteiger partial charge in [-0.2, -0.15) is 0 Å². The molecular weight excluding hydrogens is 384 g/mol. The Morgan fingerprint density at radius 3 is 2.77 bits per heavy atom. The lowest BCUT2D eigenvalue weighted by Gasteiger charge is -2.33. The lowest BCUT2D eigenvalue weighted by Crippen LogP contribution is -2.44. The molecule has 0 aliphatic carbocycles. The number of aryl methyl sites for hydroxylation is 2. The molecule has 0 saturated carbocycles. The summed E-state index contributed by atoms with van der Waals surface area (Å²) in [5, 5.41) is 8.27. The van der Waals surface area contributed by atoms with Crippen LogP contribution in [0, 0.1) is 6.92 Å². The van der Waals surface area contributed by atoms with Gasteiger partial charge in [0.2, 0.25) is 11.8 Å². The number of likely N-dealkylation sites (tertiary alicyclic amines) is 1. The van der Waals surface area contributed by atoms with Gasteiger partial charge in [0.1, 0.15) is 17.3 Å². The number of nitrogens with one attached hydrogen (secondary N) is 3. The van der Waals surface area contributed by atoms with E-state index in [9.17, 15) is 14.4 Å². The van der Waals surface area contributed by atoms with Crippen LogP contribution in [0.15, 0.2) is 41.5 Å². The second-order valence-corrected chi connectivity index (χ2v) is 7.97. The van der Waals surface area contributed by atoms with E-state index in [2.05, 4.69) is 20.5 Å². The SMILES string of the molecule is Cc1[nH][nH]c(=O)c1CC(=O)N1CC[C@]2(C(=O)Nc3ccccc32)[C@@H]1c1nccn1C. The zero-order valence-corrected chi connectivity index (χ0v) is 16.7. The van der Waals surface area contributed by atoms with E-state index < -0.39 is 11.5 Å². The van der Waals surface area contributed by atoms with E-state index in [1.54, 1.807) is 18.0 Å². The van der Waals surface area contributed by atoms with Crippen LogP contribution in [-0.2, 0) is 28.5 Å². The van der Waals surface area contributed by atoms with Crippen LogP contribution in [0.5, 0.6) is 0 Å². The summed E-state index contributed by atoms with van der Waals surface area (Å²) in [5.74, 6) is 0.320. The summed E-state index contributed by atoms with van der Waals surface area (Å²) in [6.45, 7) is 2.16. The molecule has 5 rings (SSSR count). The number of carbonyl (C=O) groups excluding carboxylic acids is 2. The summed E-state index contributed by atoms with van der Waals surface area (Å²) >= 11 is 0. The van der Waals surface area contributed by atoms with Gasteiger partial charge in [0.15, 0.2) is 0 Å². The van der Waals surface area contributed by atoms with Gasteiger partial charge in [-0.1, -0.05) is 18.2 Å². The van der Waals surface area contributed by atoms with Crippen molar-refractivity contribution in [1.29, 1.82) is 0 Å². The second-order valence-electron chi connectivity index (χ2n) is 7.97. The molecule has 2 aromatic heterocycles. The first-order valence-corrected chi connectivity index (χ1v) is 9.87. The van der Waals surface area contributed by atoms with Crippen LogP contribution < -0.4 is 10.9 Å². The highest BCUT2D eigenvalue weighted by molar-refractivity contribution is 6.07. The third-order valence-electron chi connectivity index (χ3n) is 6.43. The Balaban J connectivity index is 1.62. The topological polar surface area (TPSA) is 116 Å².